The molecule has 0 N–H and O–H groups in total. The molecule has 0 saturated carbocycles. The van der Waals surface area contributed by atoms with Crippen LogP contribution >= 0.6 is 0 Å². The summed E-state index contributed by atoms with van der Waals surface area (Å²) in [6, 6.07) is 42.7. The number of fused-ring (bicyclic) bond motifs is 12. The van der Waals surface area contributed by atoms with Crippen molar-refractivity contribution >= 4 is 72.0 Å². The first-order valence-electron chi connectivity index (χ1n) is 14.4. The number of imidazole rings is 2. The summed E-state index contributed by atoms with van der Waals surface area (Å²) in [5.74, 6) is 1.60. The smallest absolute Gasteiger partial charge is 0.338 e. The van der Waals surface area contributed by atoms with E-state index in [2.05, 4.69) is 131 Å². The predicted molar refractivity (Wildman–Crippen MR) is 176 cm³/mol. The van der Waals surface area contributed by atoms with Gasteiger partial charge in [-0.1, -0.05) is 65.4 Å². The fourth-order valence-corrected chi connectivity index (χ4v) is 6.69. The molecule has 9 rings (SSSR count). The number of hydrogen-bond donors (Lipinski definition) is 0. The van der Waals surface area contributed by atoms with E-state index in [1.807, 2.05) is 24.3 Å². The molecule has 6 heteroatoms. The van der Waals surface area contributed by atoms with E-state index >= 15 is 0 Å². The van der Waals surface area contributed by atoms with Crippen LogP contribution in [0.4, 0.5) is 17.3 Å². The van der Waals surface area contributed by atoms with Crippen LogP contribution in [0.3, 0.4) is 0 Å². The van der Waals surface area contributed by atoms with Crippen LogP contribution in [0, 0.1) is 26.0 Å². The number of aromatic nitrogens is 4. The van der Waals surface area contributed by atoms with E-state index in [4.69, 9.17) is 9.97 Å². The topological polar surface area (TPSA) is 37.8 Å². The van der Waals surface area contributed by atoms with E-state index in [1.54, 1.807) is 0 Å². The van der Waals surface area contributed by atoms with Gasteiger partial charge in [0.15, 0.2) is 0 Å². The molecule has 5 nitrogen and oxygen atoms in total. The summed E-state index contributed by atoms with van der Waals surface area (Å²) in [6.45, 7) is 4.30. The fourth-order valence-electron chi connectivity index (χ4n) is 6.69. The van der Waals surface area contributed by atoms with Gasteiger partial charge >= 0.3 is 21.1 Å². The second-order valence-electron chi connectivity index (χ2n) is 11.1. The van der Waals surface area contributed by atoms with Crippen molar-refractivity contribution in [1.29, 1.82) is 0 Å². The van der Waals surface area contributed by atoms with Crippen molar-refractivity contribution < 1.29 is 21.1 Å². The summed E-state index contributed by atoms with van der Waals surface area (Å²) in [5.41, 5.74) is 7.32. The molecule has 0 aliphatic heterocycles. The Kier molecular flexibility index (Phi) is 6.07. The predicted octanol–water partition coefficient (Wildman–Crippen LogP) is 9.28. The van der Waals surface area contributed by atoms with Crippen molar-refractivity contribution in [1.82, 2.24) is 18.8 Å². The minimum Gasteiger partial charge on any atom is -0.338 e. The molecule has 44 heavy (non-hydrogen) atoms. The van der Waals surface area contributed by atoms with Crippen LogP contribution in [0.5, 0.6) is 0 Å². The third kappa shape index (κ3) is 3.76. The average molecular weight is 747 g/mol. The molecule has 0 bridgehead atoms. The van der Waals surface area contributed by atoms with Gasteiger partial charge in [-0.25, -0.2) is 0 Å². The van der Waals surface area contributed by atoms with Crippen LogP contribution < -0.4 is 4.90 Å². The Balaban J connectivity index is 0.00000289. The zero-order chi connectivity index (χ0) is 28.7. The van der Waals surface area contributed by atoms with Crippen molar-refractivity contribution in [2.45, 2.75) is 13.8 Å². The first kappa shape index (κ1) is 26.6. The maximum Gasteiger partial charge on any atom is 2.00 e. The van der Waals surface area contributed by atoms with Gasteiger partial charge in [0.1, 0.15) is 11.6 Å². The number of pyridine rings is 2. The van der Waals surface area contributed by atoms with E-state index in [-0.39, 0.29) is 21.1 Å². The molecular weight excluding hydrogens is 722 g/mol. The molecule has 0 aliphatic rings. The van der Waals surface area contributed by atoms with Crippen LogP contribution in [-0.2, 0) is 21.1 Å². The van der Waals surface area contributed by atoms with E-state index in [9.17, 15) is 0 Å². The Bertz CT molecular complexity index is 2240. The second-order valence-corrected chi connectivity index (χ2v) is 11.1. The van der Waals surface area contributed by atoms with E-state index < -0.39 is 0 Å². The Morgan fingerprint density at radius 3 is 1.50 bits per heavy atom. The molecule has 0 atom stereocenters. The molecule has 0 fully saturated rings. The Morgan fingerprint density at radius 1 is 0.545 bits per heavy atom. The van der Waals surface area contributed by atoms with Gasteiger partial charge in [-0.2, -0.15) is 0 Å². The third-order valence-corrected chi connectivity index (χ3v) is 8.57. The third-order valence-electron chi connectivity index (χ3n) is 8.57. The van der Waals surface area contributed by atoms with Crippen LogP contribution in [0.2, 0.25) is 0 Å². The molecule has 212 valence electrons. The van der Waals surface area contributed by atoms with Gasteiger partial charge in [0.05, 0.1) is 17.0 Å². The van der Waals surface area contributed by atoms with Gasteiger partial charge < -0.3 is 8.80 Å². The van der Waals surface area contributed by atoms with Gasteiger partial charge in [0.2, 0.25) is 0 Å². The fraction of sp³-hybridized carbons (Fsp3) is 0.0526. The van der Waals surface area contributed by atoms with E-state index in [1.165, 1.54) is 10.8 Å². The molecule has 0 aliphatic carbocycles. The van der Waals surface area contributed by atoms with Gasteiger partial charge in [0.25, 0.3) is 0 Å². The summed E-state index contributed by atoms with van der Waals surface area (Å²) in [5, 5.41) is 6.62. The molecule has 9 aromatic rings. The number of anilines is 3. The van der Waals surface area contributed by atoms with Crippen molar-refractivity contribution in [3.8, 4) is 0 Å². The Hall–Kier alpha value is -4.99. The molecule has 4 heterocycles. The number of hydrogen-bond acceptors (Lipinski definition) is 3. The van der Waals surface area contributed by atoms with Crippen molar-refractivity contribution in [2.75, 3.05) is 4.90 Å². The Morgan fingerprint density at radius 2 is 1.00 bits per heavy atom. The summed E-state index contributed by atoms with van der Waals surface area (Å²) in [7, 11) is 0. The molecule has 0 saturated heterocycles. The first-order chi connectivity index (χ1) is 21.2. The summed E-state index contributed by atoms with van der Waals surface area (Å²) in [4.78, 5) is 12.8. The minimum absolute atomic E-state index is 0. The average Bonchev–Trinajstić information content (AvgIpc) is 3.69. The van der Waals surface area contributed by atoms with Crippen LogP contribution in [-0.4, -0.2) is 18.8 Å². The quantitative estimate of drug-likeness (QED) is 0.134. The van der Waals surface area contributed by atoms with Crippen LogP contribution in [0.25, 0.3) is 54.6 Å². The first-order valence-corrected chi connectivity index (χ1v) is 14.4. The van der Waals surface area contributed by atoms with Crippen LogP contribution in [0.15, 0.2) is 116 Å². The molecule has 0 amide bonds. The monoisotopic (exact) mass is 746 g/mol. The van der Waals surface area contributed by atoms with Crippen molar-refractivity contribution in [3.63, 3.8) is 0 Å². The molecule has 0 unspecified atom stereocenters. The van der Waals surface area contributed by atoms with E-state index in [0.717, 1.165) is 72.3 Å². The minimum atomic E-state index is 0. The second kappa shape index (κ2) is 10.0. The Labute approximate surface area is 268 Å². The molecule has 0 spiro atoms. The maximum atomic E-state index is 5.32. The zero-order valence-electron chi connectivity index (χ0n) is 24.0. The largest absolute Gasteiger partial charge is 2.00 e. The number of para-hydroxylation sites is 3. The SMILES string of the molecule is Cc1cccc(C)c1N(c1cn2c3ccccc3c3ccc[c-]c3c2n1)c1cn2c3ccccc3c3ccc[c-]c3c2n1.[Pt+2]. The zero-order valence-corrected chi connectivity index (χ0v) is 26.3. The van der Waals surface area contributed by atoms with Crippen LogP contribution in [0.1, 0.15) is 11.1 Å². The van der Waals surface area contributed by atoms with Crippen molar-refractivity contribution in [2.24, 2.45) is 0 Å². The molecule has 0 radical (unpaired) electrons. The standard InChI is InChI=1S/C38H25N5.Pt/c1-24-12-11-13-25(2)36(24)43(34-22-41-32-20-9-7-16-28(32)26-14-3-5-18-30(26)37(41)39-34)35-23-42-33-21-10-8-17-29(33)27-15-4-6-19-31(27)38(42)40-35;/h3-17,20-23H,1-2H3;/q-2;+2. The molecule has 4 aromatic heterocycles. The van der Waals surface area contributed by atoms with E-state index in [0.29, 0.717) is 0 Å². The van der Waals surface area contributed by atoms with Gasteiger partial charge in [0, 0.05) is 23.4 Å². The molecule has 5 aromatic carbocycles. The molecular formula is C38H25N5Pt. The number of aryl methyl sites for hydroxylation is 2. The normalized spacial score (nSPS) is 11.7. The number of nitrogens with zero attached hydrogens (tertiary/aromatic N) is 5. The summed E-state index contributed by atoms with van der Waals surface area (Å²) in [6.07, 6.45) is 4.27. The summed E-state index contributed by atoms with van der Waals surface area (Å²) < 4.78 is 4.39. The number of benzene rings is 5. The number of rotatable bonds is 3. The van der Waals surface area contributed by atoms with Gasteiger partial charge in [-0.15, -0.1) is 59.3 Å². The maximum absolute atomic E-state index is 5.32. The van der Waals surface area contributed by atoms with Gasteiger partial charge in [-0.05, 0) is 47.9 Å². The summed E-state index contributed by atoms with van der Waals surface area (Å²) >= 11 is 0. The van der Waals surface area contributed by atoms with Gasteiger partial charge in [-0.3, -0.25) is 14.9 Å². The van der Waals surface area contributed by atoms with Crippen molar-refractivity contribution in [3.05, 3.63) is 139 Å².